The molecule has 2 N–H and O–H groups in total. The van der Waals surface area contributed by atoms with Crippen molar-refractivity contribution in [2.45, 2.75) is 18.8 Å². The predicted octanol–water partition coefficient (Wildman–Crippen LogP) is 3.77. The van der Waals surface area contributed by atoms with Crippen LogP contribution in [0, 0.1) is 0 Å². The Bertz CT molecular complexity index is 1530. The molecule has 0 unspecified atom stereocenters. The highest BCUT2D eigenvalue weighted by molar-refractivity contribution is 5.94. The van der Waals surface area contributed by atoms with Gasteiger partial charge in [0, 0.05) is 55.7 Å². The van der Waals surface area contributed by atoms with E-state index in [0.717, 1.165) is 65.5 Å². The standard InChI is InChI=1S/C26H25N9/c1-2-17(1)21-14-28-15-22-24(21)26(34-11-9-27-10-12-34)33-25(32-22)18-5-7-29-23(13-18)31-19-3-4-20-6-8-30-35(20)16-19/h3-8,13-17,27H,1-2,9-12H2,(H,29,31). The topological polar surface area (TPSA) is 96.2 Å². The largest absolute Gasteiger partial charge is 0.353 e. The smallest absolute Gasteiger partial charge is 0.162 e. The van der Waals surface area contributed by atoms with E-state index in [-0.39, 0.29) is 0 Å². The minimum Gasteiger partial charge on any atom is -0.353 e. The molecule has 1 aliphatic heterocycles. The van der Waals surface area contributed by atoms with Crippen LogP contribution in [0.2, 0.25) is 0 Å². The van der Waals surface area contributed by atoms with Crippen molar-refractivity contribution < 1.29 is 0 Å². The van der Waals surface area contributed by atoms with Crippen molar-refractivity contribution in [1.29, 1.82) is 0 Å². The third kappa shape index (κ3) is 3.83. The van der Waals surface area contributed by atoms with E-state index in [0.29, 0.717) is 11.7 Å². The summed E-state index contributed by atoms with van der Waals surface area (Å²) in [6.45, 7) is 3.76. The highest BCUT2D eigenvalue weighted by Crippen LogP contribution is 2.44. The van der Waals surface area contributed by atoms with Gasteiger partial charge in [-0.25, -0.2) is 19.5 Å². The molecule has 0 atom stereocenters. The Balaban J connectivity index is 1.30. The number of piperazine rings is 1. The molecule has 0 aromatic carbocycles. The minimum atomic E-state index is 0.575. The highest BCUT2D eigenvalue weighted by Gasteiger charge is 2.29. The van der Waals surface area contributed by atoms with Crippen LogP contribution >= 0.6 is 0 Å². The van der Waals surface area contributed by atoms with Gasteiger partial charge in [-0.3, -0.25) is 4.98 Å². The highest BCUT2D eigenvalue weighted by atomic mass is 15.2. The quantitative estimate of drug-likeness (QED) is 0.407. The Labute approximate surface area is 202 Å². The van der Waals surface area contributed by atoms with Crippen molar-refractivity contribution in [2.24, 2.45) is 0 Å². The molecule has 9 nitrogen and oxygen atoms in total. The molecule has 6 heterocycles. The van der Waals surface area contributed by atoms with E-state index in [2.05, 4.69) is 30.6 Å². The van der Waals surface area contributed by atoms with Crippen molar-refractivity contribution in [1.82, 2.24) is 34.9 Å². The number of nitrogens with zero attached hydrogens (tertiary/aromatic N) is 7. The molecular formula is C26H25N9. The molecule has 1 saturated carbocycles. The number of hydrogen-bond acceptors (Lipinski definition) is 8. The van der Waals surface area contributed by atoms with E-state index in [1.165, 1.54) is 18.4 Å². The summed E-state index contributed by atoms with van der Waals surface area (Å²) in [6, 6.07) is 9.97. The van der Waals surface area contributed by atoms with Crippen molar-refractivity contribution in [2.75, 3.05) is 36.4 Å². The van der Waals surface area contributed by atoms with Crippen LogP contribution in [0.25, 0.3) is 27.8 Å². The first kappa shape index (κ1) is 20.3. The zero-order valence-electron chi connectivity index (χ0n) is 19.2. The van der Waals surface area contributed by atoms with E-state index >= 15 is 0 Å². The molecule has 5 aromatic rings. The molecule has 2 aliphatic rings. The van der Waals surface area contributed by atoms with Gasteiger partial charge in [0.05, 0.1) is 29.1 Å². The van der Waals surface area contributed by atoms with Crippen LogP contribution in [0.5, 0.6) is 0 Å². The van der Waals surface area contributed by atoms with Gasteiger partial charge >= 0.3 is 0 Å². The summed E-state index contributed by atoms with van der Waals surface area (Å²) in [4.78, 5) is 21.5. The van der Waals surface area contributed by atoms with Gasteiger partial charge in [0.15, 0.2) is 5.82 Å². The second-order valence-corrected chi connectivity index (χ2v) is 9.18. The van der Waals surface area contributed by atoms with Gasteiger partial charge < -0.3 is 15.5 Å². The molecule has 5 aromatic heterocycles. The second-order valence-electron chi connectivity index (χ2n) is 9.18. The Morgan fingerprint density at radius 1 is 0.971 bits per heavy atom. The van der Waals surface area contributed by atoms with Crippen LogP contribution in [0.15, 0.2) is 61.3 Å². The van der Waals surface area contributed by atoms with E-state index in [9.17, 15) is 0 Å². The number of pyridine rings is 3. The van der Waals surface area contributed by atoms with Crippen molar-refractivity contribution in [3.63, 3.8) is 0 Å². The number of fused-ring (bicyclic) bond motifs is 2. The first-order chi connectivity index (χ1) is 17.3. The molecule has 1 aliphatic carbocycles. The van der Waals surface area contributed by atoms with Gasteiger partial charge in [-0.15, -0.1) is 0 Å². The number of rotatable bonds is 5. The number of hydrogen-bond donors (Lipinski definition) is 2. The molecule has 174 valence electrons. The number of nitrogens with one attached hydrogen (secondary N) is 2. The van der Waals surface area contributed by atoms with Gasteiger partial charge in [0.2, 0.25) is 0 Å². The van der Waals surface area contributed by atoms with Crippen molar-refractivity contribution >= 4 is 33.7 Å². The summed E-state index contributed by atoms with van der Waals surface area (Å²) in [6.07, 6.45) is 11.8. The van der Waals surface area contributed by atoms with Crippen LogP contribution in [0.3, 0.4) is 0 Å². The Hall–Kier alpha value is -4.11. The summed E-state index contributed by atoms with van der Waals surface area (Å²) in [5, 5.41) is 12.3. The van der Waals surface area contributed by atoms with Crippen LogP contribution in [-0.2, 0) is 0 Å². The molecule has 7 rings (SSSR count). The number of aromatic nitrogens is 6. The van der Waals surface area contributed by atoms with Gasteiger partial charge in [0.1, 0.15) is 11.6 Å². The maximum Gasteiger partial charge on any atom is 0.162 e. The molecule has 2 fully saturated rings. The van der Waals surface area contributed by atoms with Gasteiger partial charge in [-0.1, -0.05) is 0 Å². The fourth-order valence-electron chi connectivity index (χ4n) is 4.80. The van der Waals surface area contributed by atoms with E-state index in [1.54, 1.807) is 12.4 Å². The molecule has 9 heteroatoms. The van der Waals surface area contributed by atoms with Crippen LogP contribution < -0.4 is 15.5 Å². The normalized spacial score (nSPS) is 16.2. The molecule has 35 heavy (non-hydrogen) atoms. The summed E-state index contributed by atoms with van der Waals surface area (Å²) in [7, 11) is 0. The molecule has 0 bridgehead atoms. The maximum atomic E-state index is 5.14. The summed E-state index contributed by atoms with van der Waals surface area (Å²) >= 11 is 0. The average molecular weight is 464 g/mol. The molecule has 0 spiro atoms. The third-order valence-electron chi connectivity index (χ3n) is 6.74. The Morgan fingerprint density at radius 3 is 2.77 bits per heavy atom. The molecule has 0 amide bonds. The minimum absolute atomic E-state index is 0.575. The average Bonchev–Trinajstić information content (AvgIpc) is 3.65. The zero-order chi connectivity index (χ0) is 23.2. The predicted molar refractivity (Wildman–Crippen MR) is 136 cm³/mol. The maximum absolute atomic E-state index is 5.14. The summed E-state index contributed by atoms with van der Waals surface area (Å²) in [5.41, 5.74) is 5.06. The van der Waals surface area contributed by atoms with E-state index in [1.807, 2.05) is 53.4 Å². The van der Waals surface area contributed by atoms with Gasteiger partial charge in [0.25, 0.3) is 0 Å². The lowest BCUT2D eigenvalue weighted by atomic mass is 10.1. The first-order valence-corrected chi connectivity index (χ1v) is 12.1. The lowest BCUT2D eigenvalue weighted by Crippen LogP contribution is -2.44. The van der Waals surface area contributed by atoms with E-state index < -0.39 is 0 Å². The third-order valence-corrected chi connectivity index (χ3v) is 6.74. The van der Waals surface area contributed by atoms with Crippen molar-refractivity contribution in [3.05, 3.63) is 66.9 Å². The SMILES string of the molecule is c1cc(-c2nc(N3CCNCC3)c3c(C4CC4)cncc3n2)cc(Nc2ccc3ccnn3c2)n1. The van der Waals surface area contributed by atoms with Crippen LogP contribution in [0.4, 0.5) is 17.3 Å². The first-order valence-electron chi connectivity index (χ1n) is 12.1. The Morgan fingerprint density at radius 2 is 1.89 bits per heavy atom. The fraction of sp³-hybridized carbons (Fsp3) is 0.269. The van der Waals surface area contributed by atoms with Crippen LogP contribution in [0.1, 0.15) is 24.3 Å². The van der Waals surface area contributed by atoms with Crippen molar-refractivity contribution in [3.8, 4) is 11.4 Å². The Kier molecular flexibility index (Phi) is 4.80. The molecule has 1 saturated heterocycles. The summed E-state index contributed by atoms with van der Waals surface area (Å²) < 4.78 is 1.84. The zero-order valence-corrected chi connectivity index (χ0v) is 19.2. The molecular weight excluding hydrogens is 438 g/mol. The fourth-order valence-corrected chi connectivity index (χ4v) is 4.80. The summed E-state index contributed by atoms with van der Waals surface area (Å²) in [5.74, 6) is 3.01. The van der Waals surface area contributed by atoms with Gasteiger partial charge in [-0.05, 0) is 54.7 Å². The lowest BCUT2D eigenvalue weighted by molar-refractivity contribution is 0.586. The van der Waals surface area contributed by atoms with Gasteiger partial charge in [-0.2, -0.15) is 5.10 Å². The lowest BCUT2D eigenvalue weighted by Gasteiger charge is -2.30. The monoisotopic (exact) mass is 463 g/mol. The van der Waals surface area contributed by atoms with Crippen LogP contribution in [-0.4, -0.2) is 55.7 Å². The number of anilines is 3. The molecule has 0 radical (unpaired) electrons. The van der Waals surface area contributed by atoms with E-state index in [4.69, 9.17) is 9.97 Å². The second kappa shape index (κ2) is 8.28.